The minimum Gasteiger partial charge on any atom is -0.343 e. The Morgan fingerprint density at radius 3 is 2.12 bits per heavy atom. The molecule has 0 N–H and O–H groups in total. The van der Waals surface area contributed by atoms with Gasteiger partial charge in [-0.05, 0) is 0 Å². The van der Waals surface area contributed by atoms with Gasteiger partial charge in [-0.15, -0.1) is 0 Å². The maximum atomic E-state index is 3.76. The molecule has 0 aliphatic heterocycles. The molecule has 0 heterocycles. The first kappa shape index (κ1) is 11.5. The Morgan fingerprint density at radius 1 is 1.12 bits per heavy atom. The van der Waals surface area contributed by atoms with E-state index in [4.69, 9.17) is 0 Å². The van der Waals surface area contributed by atoms with Crippen LogP contribution in [0.25, 0.3) is 0 Å². The van der Waals surface area contributed by atoms with Gasteiger partial charge < -0.3 is 6.92 Å². The van der Waals surface area contributed by atoms with E-state index in [1.165, 1.54) is 25.7 Å². The largest absolute Gasteiger partial charge is 0.343 e. The Kier molecular flexibility index (Phi) is 15.3. The Labute approximate surface area is 67.3 Å². The summed E-state index contributed by atoms with van der Waals surface area (Å²) in [5, 5.41) is 0. The summed E-state index contributed by atoms with van der Waals surface area (Å²) in [5.74, 6) is 0. The van der Waals surface area contributed by atoms with E-state index >= 15 is 0 Å². The Hall–Kier alpha value is 0.688. The second-order valence-corrected chi connectivity index (χ2v) is 1.91. The summed E-state index contributed by atoms with van der Waals surface area (Å²) in [6, 6.07) is 0. The first-order chi connectivity index (χ1) is 3.41. The quantitative estimate of drug-likeness (QED) is 0.550. The smallest absolute Gasteiger partial charge is 0 e. The van der Waals surface area contributed by atoms with Gasteiger partial charge in [0.1, 0.15) is 0 Å². The van der Waals surface area contributed by atoms with Crippen LogP contribution in [-0.2, 0) is 21.1 Å². The predicted octanol–water partition coefficient (Wildman–Crippen LogP) is 2.79. The van der Waals surface area contributed by atoms with Crippen molar-refractivity contribution in [3.05, 3.63) is 6.92 Å². The third-order valence-electron chi connectivity index (χ3n) is 1.10. The molecule has 0 aromatic heterocycles. The first-order valence-corrected chi connectivity index (χ1v) is 3.21. The Bertz CT molecular complexity index is 23.6. The molecular formula is C7H15W-. The van der Waals surface area contributed by atoms with Gasteiger partial charge in [-0.3, -0.25) is 0 Å². The number of hydrogen-bond donors (Lipinski definition) is 0. The van der Waals surface area contributed by atoms with Gasteiger partial charge in [-0.1, -0.05) is 32.6 Å². The van der Waals surface area contributed by atoms with E-state index in [0.29, 0.717) is 0 Å². The number of unbranched alkanes of at least 4 members (excludes halogenated alkanes) is 4. The second kappa shape index (κ2) is 10.6. The summed E-state index contributed by atoms with van der Waals surface area (Å²) in [6.07, 6.45) is 6.52. The molecular weight excluding hydrogens is 268 g/mol. The van der Waals surface area contributed by atoms with E-state index in [9.17, 15) is 0 Å². The van der Waals surface area contributed by atoms with Crippen LogP contribution in [-0.4, -0.2) is 0 Å². The molecule has 0 aromatic carbocycles. The van der Waals surface area contributed by atoms with Gasteiger partial charge in [0.2, 0.25) is 0 Å². The van der Waals surface area contributed by atoms with Crippen molar-refractivity contribution in [3.63, 3.8) is 0 Å². The molecule has 50 valence electrons. The van der Waals surface area contributed by atoms with Gasteiger partial charge in [0.15, 0.2) is 0 Å². The van der Waals surface area contributed by atoms with Crippen molar-refractivity contribution >= 4 is 0 Å². The number of rotatable bonds is 4. The zero-order chi connectivity index (χ0) is 5.54. The van der Waals surface area contributed by atoms with Crippen LogP contribution in [0.4, 0.5) is 0 Å². The molecule has 0 aliphatic carbocycles. The van der Waals surface area contributed by atoms with Crippen molar-refractivity contribution in [2.75, 3.05) is 0 Å². The van der Waals surface area contributed by atoms with E-state index in [-0.39, 0.29) is 21.1 Å². The van der Waals surface area contributed by atoms with Crippen LogP contribution in [0.2, 0.25) is 0 Å². The van der Waals surface area contributed by atoms with Gasteiger partial charge in [-0.25, -0.2) is 0 Å². The topological polar surface area (TPSA) is 0 Å². The summed E-state index contributed by atoms with van der Waals surface area (Å²) in [6.45, 7) is 5.98. The van der Waals surface area contributed by atoms with Crippen LogP contribution in [0.15, 0.2) is 0 Å². The van der Waals surface area contributed by atoms with Crippen molar-refractivity contribution < 1.29 is 21.1 Å². The molecule has 0 bridgehead atoms. The fourth-order valence-corrected chi connectivity index (χ4v) is 0.604. The van der Waals surface area contributed by atoms with Crippen molar-refractivity contribution in [1.29, 1.82) is 0 Å². The third kappa shape index (κ3) is 9.85. The Morgan fingerprint density at radius 2 is 1.75 bits per heavy atom. The van der Waals surface area contributed by atoms with Crippen LogP contribution in [0, 0.1) is 6.92 Å². The van der Waals surface area contributed by atoms with Gasteiger partial charge in [0, 0.05) is 21.1 Å². The minimum absolute atomic E-state index is 0. The summed E-state index contributed by atoms with van der Waals surface area (Å²) in [7, 11) is 0. The van der Waals surface area contributed by atoms with Crippen LogP contribution in [0.3, 0.4) is 0 Å². The molecule has 1 heteroatoms. The van der Waals surface area contributed by atoms with Crippen LogP contribution in [0.1, 0.15) is 39.0 Å². The average molecular weight is 283 g/mol. The van der Waals surface area contributed by atoms with Crippen molar-refractivity contribution in [3.8, 4) is 0 Å². The summed E-state index contributed by atoms with van der Waals surface area (Å²) in [4.78, 5) is 0. The first-order valence-electron chi connectivity index (χ1n) is 3.21. The van der Waals surface area contributed by atoms with Crippen LogP contribution in [0.5, 0.6) is 0 Å². The molecule has 0 saturated heterocycles. The Balaban J connectivity index is 0. The molecule has 0 nitrogen and oxygen atoms in total. The van der Waals surface area contributed by atoms with Gasteiger partial charge in [0.25, 0.3) is 0 Å². The maximum absolute atomic E-state index is 3.76. The molecule has 0 unspecified atom stereocenters. The molecule has 0 aliphatic rings. The molecule has 0 rings (SSSR count). The van der Waals surface area contributed by atoms with E-state index in [0.717, 1.165) is 6.42 Å². The monoisotopic (exact) mass is 283 g/mol. The third-order valence-corrected chi connectivity index (χ3v) is 1.10. The van der Waals surface area contributed by atoms with Crippen molar-refractivity contribution in [2.24, 2.45) is 0 Å². The minimum atomic E-state index is 0. The van der Waals surface area contributed by atoms with E-state index < -0.39 is 0 Å². The SMILES string of the molecule is [CH2-]CCCCCC.[W]. The standard InChI is InChI=1S/C7H15.W/c1-3-5-7-6-4-2;/h1,3-7H2,2H3;/q-1;. The normalized spacial score (nSPS) is 8.25. The second-order valence-electron chi connectivity index (χ2n) is 1.91. The van der Waals surface area contributed by atoms with Crippen molar-refractivity contribution in [2.45, 2.75) is 39.0 Å². The fourth-order valence-electron chi connectivity index (χ4n) is 0.604. The zero-order valence-corrected chi connectivity index (χ0v) is 8.58. The molecule has 0 amide bonds. The zero-order valence-electron chi connectivity index (χ0n) is 5.65. The molecule has 0 aromatic rings. The van der Waals surface area contributed by atoms with E-state index in [2.05, 4.69) is 13.8 Å². The molecule has 0 atom stereocenters. The molecule has 0 radical (unpaired) electrons. The summed E-state index contributed by atoms with van der Waals surface area (Å²) < 4.78 is 0. The van der Waals surface area contributed by atoms with Gasteiger partial charge in [-0.2, -0.15) is 6.42 Å². The van der Waals surface area contributed by atoms with E-state index in [1.54, 1.807) is 0 Å². The average Bonchev–Trinajstić information content (AvgIpc) is 1.69. The molecule has 8 heavy (non-hydrogen) atoms. The van der Waals surface area contributed by atoms with Gasteiger partial charge >= 0.3 is 0 Å². The van der Waals surface area contributed by atoms with Gasteiger partial charge in [0.05, 0.1) is 0 Å². The van der Waals surface area contributed by atoms with Crippen LogP contribution < -0.4 is 0 Å². The summed E-state index contributed by atoms with van der Waals surface area (Å²) >= 11 is 0. The maximum Gasteiger partial charge on any atom is 0 e. The fraction of sp³-hybridized carbons (Fsp3) is 0.857. The molecule has 0 spiro atoms. The molecule has 0 fully saturated rings. The van der Waals surface area contributed by atoms with Crippen LogP contribution >= 0.6 is 0 Å². The summed E-state index contributed by atoms with van der Waals surface area (Å²) in [5.41, 5.74) is 0. The molecule has 0 saturated carbocycles. The van der Waals surface area contributed by atoms with E-state index in [1.807, 2.05) is 0 Å². The number of hydrogen-bond acceptors (Lipinski definition) is 0. The van der Waals surface area contributed by atoms with Crippen molar-refractivity contribution in [1.82, 2.24) is 0 Å². The predicted molar refractivity (Wildman–Crippen MR) is 34.1 cm³/mol.